The normalized spacial score (nSPS) is 11.5. The molecule has 6 heteroatoms. The molecule has 0 saturated carbocycles. The summed E-state index contributed by atoms with van der Waals surface area (Å²) in [5, 5.41) is 1.85. The van der Waals surface area contributed by atoms with E-state index in [9.17, 15) is 14.4 Å². The van der Waals surface area contributed by atoms with E-state index in [0.717, 1.165) is 24.8 Å². The highest BCUT2D eigenvalue weighted by Crippen LogP contribution is 2.10. The summed E-state index contributed by atoms with van der Waals surface area (Å²) in [6.07, 6.45) is 2.07. The van der Waals surface area contributed by atoms with Gasteiger partial charge in [-0.3, -0.25) is 10.1 Å². The number of benzene rings is 1. The monoisotopic (exact) mass is 292 g/mol. The molecule has 0 aliphatic heterocycles. The van der Waals surface area contributed by atoms with E-state index in [1.807, 2.05) is 17.4 Å². The number of nitrogens with one attached hydrogen (secondary N) is 1. The maximum absolute atomic E-state index is 11.9. The Morgan fingerprint density at radius 1 is 1.24 bits per heavy atom. The summed E-state index contributed by atoms with van der Waals surface area (Å²) in [6.45, 7) is 3.48. The molecule has 0 bridgehead atoms. The number of urea groups is 1. The second-order valence-electron chi connectivity index (χ2n) is 4.70. The topological polar surface area (TPSA) is 98.5 Å². The number of amides is 3. The van der Waals surface area contributed by atoms with Crippen LogP contribution in [0.1, 0.15) is 42.6 Å². The number of ether oxygens (including phenoxy) is 1. The summed E-state index contributed by atoms with van der Waals surface area (Å²) in [5.41, 5.74) is 6.32. The van der Waals surface area contributed by atoms with Crippen LogP contribution in [0.4, 0.5) is 4.79 Å². The van der Waals surface area contributed by atoms with Crippen molar-refractivity contribution in [1.82, 2.24) is 5.32 Å². The lowest BCUT2D eigenvalue weighted by molar-refractivity contribution is -0.127. The van der Waals surface area contributed by atoms with Crippen molar-refractivity contribution in [2.75, 3.05) is 0 Å². The van der Waals surface area contributed by atoms with E-state index in [1.165, 1.54) is 6.92 Å². The molecule has 21 heavy (non-hydrogen) atoms. The Bertz CT molecular complexity index is 511. The molecule has 0 saturated heterocycles. The van der Waals surface area contributed by atoms with E-state index < -0.39 is 24.0 Å². The minimum absolute atomic E-state index is 0.356. The predicted molar refractivity (Wildman–Crippen MR) is 77.7 cm³/mol. The first-order chi connectivity index (χ1) is 9.93. The number of aryl methyl sites for hydroxylation is 1. The molecule has 0 heterocycles. The van der Waals surface area contributed by atoms with Gasteiger partial charge in [0.15, 0.2) is 6.10 Å². The van der Waals surface area contributed by atoms with E-state index in [4.69, 9.17) is 10.5 Å². The first-order valence-electron chi connectivity index (χ1n) is 6.84. The Kier molecular flexibility index (Phi) is 6.39. The predicted octanol–water partition coefficient (Wildman–Crippen LogP) is 1.77. The molecule has 1 atom stereocenters. The first-order valence-corrected chi connectivity index (χ1v) is 6.84. The highest BCUT2D eigenvalue weighted by molar-refractivity contribution is 5.98. The average Bonchev–Trinajstić information content (AvgIpc) is 2.44. The van der Waals surface area contributed by atoms with Gasteiger partial charge < -0.3 is 10.5 Å². The number of unbranched alkanes of at least 4 members (excludes halogenated alkanes) is 1. The molecule has 0 aliphatic carbocycles. The quantitative estimate of drug-likeness (QED) is 0.780. The number of carbonyl (C=O) groups is 3. The van der Waals surface area contributed by atoms with Crippen LogP contribution in [-0.4, -0.2) is 24.0 Å². The number of hydrogen-bond donors (Lipinski definition) is 2. The lowest BCUT2D eigenvalue weighted by atomic mass is 10.1. The van der Waals surface area contributed by atoms with Gasteiger partial charge in [-0.15, -0.1) is 0 Å². The Morgan fingerprint density at radius 3 is 2.38 bits per heavy atom. The fourth-order valence-corrected chi connectivity index (χ4v) is 1.69. The molecule has 1 rings (SSSR count). The third-order valence-electron chi connectivity index (χ3n) is 2.91. The zero-order chi connectivity index (χ0) is 15.8. The summed E-state index contributed by atoms with van der Waals surface area (Å²) in [6, 6.07) is 6.06. The Balaban J connectivity index is 2.58. The van der Waals surface area contributed by atoms with Crippen molar-refractivity contribution in [1.29, 1.82) is 0 Å². The Morgan fingerprint density at radius 2 is 1.86 bits per heavy atom. The summed E-state index contributed by atoms with van der Waals surface area (Å²) >= 11 is 0. The first kappa shape index (κ1) is 16.7. The van der Waals surface area contributed by atoms with Crippen LogP contribution in [-0.2, 0) is 16.0 Å². The van der Waals surface area contributed by atoms with E-state index in [-0.39, 0.29) is 0 Å². The largest absolute Gasteiger partial charge is 0.449 e. The molecule has 3 amide bonds. The molecular weight excluding hydrogens is 272 g/mol. The second kappa shape index (κ2) is 8.04. The minimum atomic E-state index is -1.09. The SMILES string of the molecule is CCCCc1ccc(C(=O)OC(C)C(=O)NC(N)=O)cc1. The average molecular weight is 292 g/mol. The highest BCUT2D eigenvalue weighted by Gasteiger charge is 2.19. The fraction of sp³-hybridized carbons (Fsp3) is 0.400. The van der Waals surface area contributed by atoms with Crippen molar-refractivity contribution in [2.45, 2.75) is 39.2 Å². The molecule has 0 radical (unpaired) electrons. The zero-order valence-corrected chi connectivity index (χ0v) is 12.2. The van der Waals surface area contributed by atoms with Crippen molar-refractivity contribution in [3.05, 3.63) is 35.4 Å². The van der Waals surface area contributed by atoms with E-state index in [0.29, 0.717) is 5.56 Å². The lowest BCUT2D eigenvalue weighted by Crippen LogP contribution is -2.42. The summed E-state index contributed by atoms with van der Waals surface area (Å²) in [4.78, 5) is 33.8. The molecule has 0 spiro atoms. The van der Waals surface area contributed by atoms with Crippen molar-refractivity contribution in [3.63, 3.8) is 0 Å². The van der Waals surface area contributed by atoms with Crippen LogP contribution in [0.3, 0.4) is 0 Å². The smallest absolute Gasteiger partial charge is 0.338 e. The number of carbonyl (C=O) groups excluding carboxylic acids is 3. The minimum Gasteiger partial charge on any atom is -0.449 e. The van der Waals surface area contributed by atoms with Crippen molar-refractivity contribution in [2.24, 2.45) is 5.73 Å². The number of nitrogens with two attached hydrogens (primary N) is 1. The van der Waals surface area contributed by atoms with Gasteiger partial charge in [0.1, 0.15) is 0 Å². The number of esters is 1. The Hall–Kier alpha value is -2.37. The molecule has 1 aromatic rings. The van der Waals surface area contributed by atoms with Gasteiger partial charge in [0, 0.05) is 0 Å². The van der Waals surface area contributed by atoms with Gasteiger partial charge >= 0.3 is 12.0 Å². The standard InChI is InChI=1S/C15H20N2O4/c1-3-4-5-11-6-8-12(9-7-11)14(19)21-10(2)13(18)17-15(16)20/h6-10H,3-5H2,1-2H3,(H3,16,17,18,20). The molecule has 1 unspecified atom stereocenters. The van der Waals surface area contributed by atoms with Crippen LogP contribution in [0.5, 0.6) is 0 Å². The summed E-state index contributed by atoms with van der Waals surface area (Å²) in [7, 11) is 0. The van der Waals surface area contributed by atoms with Crippen LogP contribution in [0, 0.1) is 0 Å². The molecule has 6 nitrogen and oxygen atoms in total. The molecule has 0 aliphatic rings. The molecule has 0 aromatic heterocycles. The number of primary amides is 1. The third kappa shape index (κ3) is 5.64. The van der Waals surface area contributed by atoms with Gasteiger partial charge in [0.05, 0.1) is 5.56 Å². The van der Waals surface area contributed by atoms with Crippen LogP contribution < -0.4 is 11.1 Å². The van der Waals surface area contributed by atoms with Gasteiger partial charge in [-0.25, -0.2) is 9.59 Å². The molecular formula is C15H20N2O4. The molecule has 1 aromatic carbocycles. The number of imide groups is 1. The van der Waals surface area contributed by atoms with Gasteiger partial charge in [0.2, 0.25) is 0 Å². The van der Waals surface area contributed by atoms with E-state index in [1.54, 1.807) is 12.1 Å². The Labute approximate surface area is 123 Å². The number of hydrogen-bond acceptors (Lipinski definition) is 4. The molecule has 0 fully saturated rings. The summed E-state index contributed by atoms with van der Waals surface area (Å²) < 4.78 is 4.96. The van der Waals surface area contributed by atoms with Crippen LogP contribution in [0.2, 0.25) is 0 Å². The van der Waals surface area contributed by atoms with E-state index in [2.05, 4.69) is 6.92 Å². The fourth-order valence-electron chi connectivity index (χ4n) is 1.69. The third-order valence-corrected chi connectivity index (χ3v) is 2.91. The van der Waals surface area contributed by atoms with Crippen LogP contribution in [0.15, 0.2) is 24.3 Å². The second-order valence-corrected chi connectivity index (χ2v) is 4.70. The highest BCUT2D eigenvalue weighted by atomic mass is 16.5. The van der Waals surface area contributed by atoms with Gasteiger partial charge in [0.25, 0.3) is 5.91 Å². The zero-order valence-electron chi connectivity index (χ0n) is 12.2. The van der Waals surface area contributed by atoms with Crippen molar-refractivity contribution >= 4 is 17.9 Å². The van der Waals surface area contributed by atoms with Crippen molar-refractivity contribution < 1.29 is 19.1 Å². The molecule has 114 valence electrons. The van der Waals surface area contributed by atoms with Crippen molar-refractivity contribution in [3.8, 4) is 0 Å². The maximum Gasteiger partial charge on any atom is 0.338 e. The lowest BCUT2D eigenvalue weighted by Gasteiger charge is -2.12. The van der Waals surface area contributed by atoms with E-state index >= 15 is 0 Å². The number of rotatable bonds is 6. The summed E-state index contributed by atoms with van der Waals surface area (Å²) in [5.74, 6) is -1.38. The van der Waals surface area contributed by atoms with Gasteiger partial charge in [-0.2, -0.15) is 0 Å². The van der Waals surface area contributed by atoms with Crippen LogP contribution in [0.25, 0.3) is 0 Å². The molecule has 3 N–H and O–H groups in total. The maximum atomic E-state index is 11.9. The van der Waals surface area contributed by atoms with Gasteiger partial charge in [-0.1, -0.05) is 25.5 Å². The van der Waals surface area contributed by atoms with Crippen LogP contribution >= 0.6 is 0 Å². The van der Waals surface area contributed by atoms with Gasteiger partial charge in [-0.05, 0) is 37.5 Å².